The lowest BCUT2D eigenvalue weighted by Gasteiger charge is -2.37. The number of pyridine rings is 1. The molecule has 1 saturated carbocycles. The highest BCUT2D eigenvalue weighted by molar-refractivity contribution is 6.03. The average molecular weight is 654 g/mol. The zero-order chi connectivity index (χ0) is 33.4. The molecule has 11 nitrogen and oxygen atoms in total. The summed E-state index contributed by atoms with van der Waals surface area (Å²) in [6.07, 6.45) is 12.0. The number of hydrogen-bond acceptors (Lipinski definition) is 7. The van der Waals surface area contributed by atoms with Crippen molar-refractivity contribution in [2.75, 3.05) is 36.4 Å². The molecule has 11 heteroatoms. The molecular formula is C37H47N7O4. The number of hydrogen-bond donors (Lipinski definition) is 3. The smallest absolute Gasteiger partial charge is 0.412 e. The van der Waals surface area contributed by atoms with E-state index in [4.69, 9.17) is 9.84 Å². The van der Waals surface area contributed by atoms with Gasteiger partial charge in [-0.2, -0.15) is 5.10 Å². The zero-order valence-electron chi connectivity index (χ0n) is 28.2. The Labute approximate surface area is 281 Å². The van der Waals surface area contributed by atoms with E-state index in [1.807, 2.05) is 45.2 Å². The molecule has 1 unspecified atom stereocenters. The third-order valence-electron chi connectivity index (χ3n) is 10.1. The van der Waals surface area contributed by atoms with Crippen molar-refractivity contribution in [1.82, 2.24) is 25.0 Å². The molecule has 48 heavy (non-hydrogen) atoms. The summed E-state index contributed by atoms with van der Waals surface area (Å²) in [5.41, 5.74) is 3.24. The summed E-state index contributed by atoms with van der Waals surface area (Å²) in [6, 6.07) is 12.5. The van der Waals surface area contributed by atoms with E-state index < -0.39 is 17.9 Å². The second-order valence-electron chi connectivity index (χ2n) is 14.8. The maximum Gasteiger partial charge on any atom is 0.412 e. The van der Waals surface area contributed by atoms with Crippen LogP contribution in [0.15, 0.2) is 55.0 Å². The molecule has 4 heterocycles. The van der Waals surface area contributed by atoms with Gasteiger partial charge in [-0.1, -0.05) is 12.1 Å². The number of anilines is 2. The molecule has 2 saturated heterocycles. The number of likely N-dealkylation sites (tertiary alicyclic amines) is 1. The highest BCUT2D eigenvalue weighted by atomic mass is 16.6. The number of piperidine rings is 1. The largest absolute Gasteiger partial charge is 0.444 e. The molecule has 0 spiro atoms. The first-order chi connectivity index (χ1) is 23.1. The quantitative estimate of drug-likeness (QED) is 0.210. The van der Waals surface area contributed by atoms with Gasteiger partial charge in [0.05, 0.1) is 23.4 Å². The Kier molecular flexibility index (Phi) is 9.00. The van der Waals surface area contributed by atoms with Crippen LogP contribution in [-0.2, 0) is 4.74 Å². The van der Waals surface area contributed by atoms with Gasteiger partial charge in [0.1, 0.15) is 11.8 Å². The summed E-state index contributed by atoms with van der Waals surface area (Å²) in [7, 11) is 0. The number of aliphatic hydroxyl groups excluding tert-OH is 1. The van der Waals surface area contributed by atoms with Gasteiger partial charge in [-0.25, -0.2) is 9.59 Å². The number of carbonyl (C=O) groups excluding carboxylic acids is 2. The number of aliphatic hydroxyl groups is 1. The van der Waals surface area contributed by atoms with Crippen LogP contribution < -0.4 is 15.5 Å². The average Bonchev–Trinajstić information content (AvgIpc) is 3.48. The summed E-state index contributed by atoms with van der Waals surface area (Å²) in [4.78, 5) is 33.5. The minimum Gasteiger partial charge on any atom is -0.444 e. The van der Waals surface area contributed by atoms with Crippen molar-refractivity contribution in [3.05, 3.63) is 60.6 Å². The number of urea groups is 1. The fourth-order valence-corrected chi connectivity index (χ4v) is 7.66. The Balaban J connectivity index is 0.899. The summed E-state index contributed by atoms with van der Waals surface area (Å²) < 4.78 is 7.53. The molecule has 2 aromatic carbocycles. The Morgan fingerprint density at radius 1 is 0.979 bits per heavy atom. The number of nitrogens with zero attached hydrogens (tertiary/aromatic N) is 5. The monoisotopic (exact) mass is 653 g/mol. The van der Waals surface area contributed by atoms with E-state index in [0.717, 1.165) is 72.7 Å². The van der Waals surface area contributed by atoms with Crippen molar-refractivity contribution in [2.24, 2.45) is 5.92 Å². The van der Waals surface area contributed by atoms with Gasteiger partial charge in [-0.05, 0) is 114 Å². The molecule has 0 radical (unpaired) electrons. The third-order valence-corrected chi connectivity index (χ3v) is 10.1. The molecule has 2 aromatic heterocycles. The number of aromatic nitrogens is 3. The standard InChI is InChI=1S/C37H47N7O4/c1-37(2,3)48-36(47)39-29-7-11-32-28(19-29)23-44(41-32)30-8-4-24(5-9-30)22-42-15-12-25(13-16-42)26-6-10-31-27(18-26)20-38-21-33(31)43-17-14-34(45)40-35(43)46/h6-7,10-11,18-21,23-25,30,34,45H,4-5,8-9,12-17,22H2,1-3H3,(H,39,47)(H,40,46). The molecule has 3 aliphatic rings. The number of ether oxygens (including phenoxy) is 1. The van der Waals surface area contributed by atoms with E-state index in [-0.39, 0.29) is 6.03 Å². The Bertz CT molecular complexity index is 1780. The maximum absolute atomic E-state index is 12.5. The molecule has 0 bridgehead atoms. The van der Waals surface area contributed by atoms with Gasteiger partial charge < -0.3 is 20.1 Å². The van der Waals surface area contributed by atoms with Crippen LogP contribution in [-0.4, -0.2) is 74.9 Å². The molecule has 3 N–H and O–H groups in total. The second-order valence-corrected chi connectivity index (χ2v) is 14.8. The van der Waals surface area contributed by atoms with Crippen LogP contribution in [0.2, 0.25) is 0 Å². The Morgan fingerprint density at radius 3 is 2.52 bits per heavy atom. The van der Waals surface area contributed by atoms with Crippen molar-refractivity contribution >= 4 is 45.2 Å². The topological polar surface area (TPSA) is 125 Å². The van der Waals surface area contributed by atoms with Crippen LogP contribution >= 0.6 is 0 Å². The van der Waals surface area contributed by atoms with Crippen molar-refractivity contribution in [3.8, 4) is 0 Å². The van der Waals surface area contributed by atoms with Crippen molar-refractivity contribution in [2.45, 2.75) is 89.5 Å². The number of nitrogens with one attached hydrogen (secondary N) is 2. The first-order valence-corrected chi connectivity index (χ1v) is 17.4. The molecule has 3 fully saturated rings. The normalized spacial score (nSPS) is 23.0. The lowest BCUT2D eigenvalue weighted by atomic mass is 9.84. The van der Waals surface area contributed by atoms with Gasteiger partial charge in [0.2, 0.25) is 0 Å². The lowest BCUT2D eigenvalue weighted by molar-refractivity contribution is 0.0636. The molecule has 3 amide bonds. The molecular weight excluding hydrogens is 606 g/mol. The van der Waals surface area contributed by atoms with Gasteiger partial charge in [0.15, 0.2) is 0 Å². The minimum absolute atomic E-state index is 0.285. The van der Waals surface area contributed by atoms with Crippen LogP contribution in [0, 0.1) is 5.92 Å². The predicted molar refractivity (Wildman–Crippen MR) is 187 cm³/mol. The van der Waals surface area contributed by atoms with Gasteiger partial charge in [0, 0.05) is 53.8 Å². The van der Waals surface area contributed by atoms with E-state index in [1.54, 1.807) is 11.1 Å². The minimum atomic E-state index is -0.792. The fraction of sp³-hybridized carbons (Fsp3) is 0.514. The van der Waals surface area contributed by atoms with Crippen LogP contribution in [0.4, 0.5) is 21.0 Å². The number of carbonyl (C=O) groups is 2. The van der Waals surface area contributed by atoms with Crippen molar-refractivity contribution in [3.63, 3.8) is 0 Å². The summed E-state index contributed by atoms with van der Waals surface area (Å²) in [5, 5.41) is 23.2. The van der Waals surface area contributed by atoms with E-state index in [1.165, 1.54) is 18.4 Å². The number of rotatable bonds is 6. The van der Waals surface area contributed by atoms with Gasteiger partial charge in [0.25, 0.3) is 0 Å². The Morgan fingerprint density at radius 2 is 1.77 bits per heavy atom. The van der Waals surface area contributed by atoms with Gasteiger partial charge >= 0.3 is 12.1 Å². The van der Waals surface area contributed by atoms with Crippen LogP contribution in [0.5, 0.6) is 0 Å². The molecule has 254 valence electrons. The van der Waals surface area contributed by atoms with Gasteiger partial charge in [-0.15, -0.1) is 0 Å². The van der Waals surface area contributed by atoms with Crippen LogP contribution in [0.3, 0.4) is 0 Å². The lowest BCUT2D eigenvalue weighted by Crippen LogP contribution is -2.51. The van der Waals surface area contributed by atoms with E-state index in [9.17, 15) is 14.7 Å². The molecule has 7 rings (SSSR count). The first kappa shape index (κ1) is 32.3. The number of fused-ring (bicyclic) bond motifs is 2. The SMILES string of the molecule is CC(C)(C)OC(=O)Nc1ccc2nn(C3CCC(CN4CCC(c5ccc6c(N7CCC(O)NC7=O)cncc6c5)CC4)CC3)cc2c1. The van der Waals surface area contributed by atoms with Gasteiger partial charge in [-0.3, -0.25) is 19.9 Å². The van der Waals surface area contributed by atoms with E-state index >= 15 is 0 Å². The predicted octanol–water partition coefficient (Wildman–Crippen LogP) is 6.78. The summed E-state index contributed by atoms with van der Waals surface area (Å²) in [5.74, 6) is 1.23. The zero-order valence-corrected chi connectivity index (χ0v) is 28.2. The Hall–Kier alpha value is -4.22. The maximum atomic E-state index is 12.5. The fourth-order valence-electron chi connectivity index (χ4n) is 7.66. The summed E-state index contributed by atoms with van der Waals surface area (Å²) in [6.45, 7) is 9.42. The van der Waals surface area contributed by atoms with Crippen molar-refractivity contribution < 1.29 is 19.4 Å². The van der Waals surface area contributed by atoms with E-state index in [2.05, 4.69) is 49.6 Å². The second kappa shape index (κ2) is 13.4. The molecule has 1 atom stereocenters. The van der Waals surface area contributed by atoms with E-state index in [0.29, 0.717) is 36.5 Å². The third kappa shape index (κ3) is 7.27. The molecule has 4 aromatic rings. The van der Waals surface area contributed by atoms with Crippen molar-refractivity contribution in [1.29, 1.82) is 0 Å². The number of amides is 3. The molecule has 1 aliphatic carbocycles. The highest BCUT2D eigenvalue weighted by Crippen LogP contribution is 2.36. The van der Waals surface area contributed by atoms with Crippen LogP contribution in [0.1, 0.15) is 83.2 Å². The summed E-state index contributed by atoms with van der Waals surface area (Å²) >= 11 is 0. The highest BCUT2D eigenvalue weighted by Gasteiger charge is 2.29. The van der Waals surface area contributed by atoms with Crippen LogP contribution in [0.25, 0.3) is 21.7 Å². The first-order valence-electron chi connectivity index (χ1n) is 17.4. The molecule has 2 aliphatic heterocycles. The number of benzene rings is 2.